The van der Waals surface area contributed by atoms with Gasteiger partial charge in [-0.15, -0.1) is 0 Å². The van der Waals surface area contributed by atoms with Crippen LogP contribution in [0.15, 0.2) is 0 Å². The first-order valence-electron chi connectivity index (χ1n) is 7.79. The first kappa shape index (κ1) is 15.7. The largest absolute Gasteiger partial charge is 0.381 e. The van der Waals surface area contributed by atoms with Crippen LogP contribution in [0.3, 0.4) is 0 Å². The summed E-state index contributed by atoms with van der Waals surface area (Å²) in [6, 6.07) is 0.204. The smallest absolute Gasteiger partial charge is 0.249 e. The Morgan fingerprint density at radius 3 is 2.60 bits per heavy atom. The maximum atomic E-state index is 12.3. The van der Waals surface area contributed by atoms with Crippen molar-refractivity contribution in [3.63, 3.8) is 0 Å². The summed E-state index contributed by atoms with van der Waals surface area (Å²) in [6.07, 6.45) is 4.57. The van der Waals surface area contributed by atoms with Gasteiger partial charge in [0.05, 0.1) is 12.2 Å². The van der Waals surface area contributed by atoms with Crippen molar-refractivity contribution in [2.24, 2.45) is 11.1 Å². The Kier molecular flexibility index (Phi) is 5.04. The van der Waals surface area contributed by atoms with Crippen LogP contribution in [0, 0.1) is 5.41 Å². The third-order valence-corrected chi connectivity index (χ3v) is 5.37. The molecule has 1 amide bonds. The number of methoxy groups -OCH3 is 1. The molecule has 1 saturated carbocycles. The van der Waals surface area contributed by atoms with Gasteiger partial charge < -0.3 is 20.5 Å². The molecule has 2 aliphatic rings. The van der Waals surface area contributed by atoms with Gasteiger partial charge in [-0.3, -0.25) is 4.79 Å². The van der Waals surface area contributed by atoms with E-state index < -0.39 is 0 Å². The Morgan fingerprint density at radius 2 is 2.10 bits per heavy atom. The third-order valence-electron chi connectivity index (χ3n) is 5.37. The van der Waals surface area contributed by atoms with E-state index in [4.69, 9.17) is 15.2 Å². The lowest BCUT2D eigenvalue weighted by molar-refractivity contribution is -0.148. The lowest BCUT2D eigenvalue weighted by Gasteiger charge is -2.55. The topological polar surface area (TPSA) is 73.6 Å². The molecule has 20 heavy (non-hydrogen) atoms. The lowest BCUT2D eigenvalue weighted by Crippen LogP contribution is -2.65. The van der Waals surface area contributed by atoms with Gasteiger partial charge in [-0.1, -0.05) is 13.8 Å². The van der Waals surface area contributed by atoms with Gasteiger partial charge in [-0.05, 0) is 32.1 Å². The highest BCUT2D eigenvalue weighted by atomic mass is 16.5. The Balaban J connectivity index is 1.92. The minimum atomic E-state index is -0.323. The Labute approximate surface area is 121 Å². The molecule has 0 aromatic heterocycles. The Bertz CT molecular complexity index is 344. The van der Waals surface area contributed by atoms with Crippen molar-refractivity contribution in [2.75, 3.05) is 13.7 Å². The summed E-state index contributed by atoms with van der Waals surface area (Å²) >= 11 is 0. The highest BCUT2D eigenvalue weighted by Crippen LogP contribution is 2.48. The van der Waals surface area contributed by atoms with Crippen LogP contribution in [-0.4, -0.2) is 43.9 Å². The summed E-state index contributed by atoms with van der Waals surface area (Å²) in [5.74, 6) is 0.0202. The summed E-state index contributed by atoms with van der Waals surface area (Å²) in [7, 11) is 1.76. The molecule has 0 spiro atoms. The van der Waals surface area contributed by atoms with E-state index in [2.05, 4.69) is 19.2 Å². The second kappa shape index (κ2) is 6.41. The molecule has 1 aliphatic heterocycles. The maximum Gasteiger partial charge on any atom is 0.249 e. The summed E-state index contributed by atoms with van der Waals surface area (Å²) < 4.78 is 11.2. The number of nitrogens with two attached hydrogens (primary N) is 1. The number of amides is 1. The van der Waals surface area contributed by atoms with Gasteiger partial charge in [-0.25, -0.2) is 0 Å². The fraction of sp³-hybridized carbons (Fsp3) is 0.933. The predicted molar refractivity (Wildman–Crippen MR) is 77.3 cm³/mol. The molecule has 4 atom stereocenters. The van der Waals surface area contributed by atoms with Crippen molar-refractivity contribution in [3.8, 4) is 0 Å². The molecule has 0 aromatic rings. The van der Waals surface area contributed by atoms with Gasteiger partial charge >= 0.3 is 0 Å². The summed E-state index contributed by atoms with van der Waals surface area (Å²) in [4.78, 5) is 12.3. The number of rotatable bonds is 6. The van der Waals surface area contributed by atoms with Crippen molar-refractivity contribution < 1.29 is 14.3 Å². The lowest BCUT2D eigenvalue weighted by atomic mass is 9.58. The molecular formula is C15H28N2O3. The van der Waals surface area contributed by atoms with E-state index in [1.807, 2.05) is 0 Å². The zero-order chi connectivity index (χ0) is 14.8. The van der Waals surface area contributed by atoms with Gasteiger partial charge in [0.25, 0.3) is 0 Å². The maximum absolute atomic E-state index is 12.3. The van der Waals surface area contributed by atoms with Crippen LogP contribution in [0.2, 0.25) is 0 Å². The molecule has 0 radical (unpaired) electrons. The van der Waals surface area contributed by atoms with E-state index in [1.165, 1.54) is 0 Å². The fourth-order valence-electron chi connectivity index (χ4n) is 3.82. The van der Waals surface area contributed by atoms with Gasteiger partial charge in [0.2, 0.25) is 5.91 Å². The van der Waals surface area contributed by atoms with Crippen LogP contribution >= 0.6 is 0 Å². The van der Waals surface area contributed by atoms with Crippen LogP contribution in [0.1, 0.15) is 46.0 Å². The fourth-order valence-corrected chi connectivity index (χ4v) is 3.82. The summed E-state index contributed by atoms with van der Waals surface area (Å²) in [6.45, 7) is 4.83. The van der Waals surface area contributed by atoms with E-state index in [9.17, 15) is 4.79 Å². The number of nitrogens with one attached hydrogen (secondary N) is 1. The molecule has 116 valence electrons. The minimum Gasteiger partial charge on any atom is -0.381 e. The van der Waals surface area contributed by atoms with Crippen molar-refractivity contribution in [3.05, 3.63) is 0 Å². The number of hydrogen-bond acceptors (Lipinski definition) is 4. The molecule has 2 unspecified atom stereocenters. The van der Waals surface area contributed by atoms with Crippen LogP contribution < -0.4 is 11.1 Å². The molecule has 1 aliphatic carbocycles. The van der Waals surface area contributed by atoms with E-state index >= 15 is 0 Å². The second-order valence-corrected chi connectivity index (χ2v) is 6.02. The van der Waals surface area contributed by atoms with Crippen LogP contribution in [-0.2, 0) is 14.3 Å². The molecule has 3 N–H and O–H groups in total. The summed E-state index contributed by atoms with van der Waals surface area (Å²) in [5, 5.41) is 3.18. The third kappa shape index (κ3) is 2.59. The second-order valence-electron chi connectivity index (χ2n) is 6.02. The van der Waals surface area contributed by atoms with E-state index in [0.29, 0.717) is 6.54 Å². The number of carbonyl (C=O) groups is 1. The first-order chi connectivity index (χ1) is 9.61. The van der Waals surface area contributed by atoms with E-state index in [1.54, 1.807) is 7.11 Å². The standard InChI is InChI=1S/C15H28N2O3/c1-4-15(5-2)12(8-13(15)19-3)17-14(18)11-7-6-10(9-16)20-11/h10-13H,4-9,16H2,1-3H3,(H,17,18)/t10-,11+,12?,13?/m1/s1. The van der Waals surface area contributed by atoms with Crippen molar-refractivity contribution in [1.29, 1.82) is 0 Å². The SMILES string of the molecule is CCC1(CC)C(NC(=O)[C@@H]2CC[C@H](CN)O2)CC1OC. The zero-order valence-electron chi connectivity index (χ0n) is 12.9. The highest BCUT2D eigenvalue weighted by Gasteiger charge is 2.54. The Morgan fingerprint density at radius 1 is 1.40 bits per heavy atom. The van der Waals surface area contributed by atoms with Crippen molar-refractivity contribution in [2.45, 2.75) is 70.3 Å². The predicted octanol–water partition coefficient (Wildman–Crippen LogP) is 1.20. The molecule has 0 aromatic carbocycles. The van der Waals surface area contributed by atoms with Crippen molar-refractivity contribution in [1.82, 2.24) is 5.32 Å². The molecule has 1 heterocycles. The zero-order valence-corrected chi connectivity index (χ0v) is 12.9. The molecule has 5 nitrogen and oxygen atoms in total. The van der Waals surface area contributed by atoms with Crippen LogP contribution in [0.4, 0.5) is 0 Å². The number of carbonyl (C=O) groups excluding carboxylic acids is 1. The molecule has 2 fully saturated rings. The average molecular weight is 284 g/mol. The number of hydrogen-bond donors (Lipinski definition) is 2. The molecule has 1 saturated heterocycles. The monoisotopic (exact) mass is 284 g/mol. The summed E-state index contributed by atoms with van der Waals surface area (Å²) in [5.41, 5.74) is 5.66. The van der Waals surface area contributed by atoms with Gasteiger partial charge in [-0.2, -0.15) is 0 Å². The molecule has 5 heteroatoms. The molecule has 0 bridgehead atoms. The van der Waals surface area contributed by atoms with E-state index in [0.717, 1.165) is 32.1 Å². The Hall–Kier alpha value is -0.650. The molecule has 2 rings (SSSR count). The minimum absolute atomic E-state index is 0.0202. The average Bonchev–Trinajstić information content (AvgIpc) is 2.93. The van der Waals surface area contributed by atoms with Crippen LogP contribution in [0.5, 0.6) is 0 Å². The van der Waals surface area contributed by atoms with Crippen molar-refractivity contribution >= 4 is 5.91 Å². The van der Waals surface area contributed by atoms with E-state index in [-0.39, 0.29) is 35.7 Å². The first-order valence-corrected chi connectivity index (χ1v) is 7.79. The van der Waals surface area contributed by atoms with Gasteiger partial charge in [0.15, 0.2) is 0 Å². The van der Waals surface area contributed by atoms with Crippen LogP contribution in [0.25, 0.3) is 0 Å². The number of ether oxygens (including phenoxy) is 2. The highest BCUT2D eigenvalue weighted by molar-refractivity contribution is 5.81. The normalized spacial score (nSPS) is 35.6. The van der Waals surface area contributed by atoms with Gasteiger partial charge in [0, 0.05) is 25.1 Å². The van der Waals surface area contributed by atoms with Gasteiger partial charge in [0.1, 0.15) is 6.10 Å². The quantitative estimate of drug-likeness (QED) is 0.769. The molecular weight excluding hydrogens is 256 g/mol.